The first-order valence-electron chi connectivity index (χ1n) is 14.2. The molecule has 2 N–H and O–H groups in total. The lowest BCUT2D eigenvalue weighted by atomic mass is 9.73. The second-order valence-corrected chi connectivity index (χ2v) is 10.9. The predicted octanol–water partition coefficient (Wildman–Crippen LogP) is 4.01. The van der Waals surface area contributed by atoms with Gasteiger partial charge in [0.1, 0.15) is 0 Å². The number of fused-ring (bicyclic) bond motifs is 1. The van der Waals surface area contributed by atoms with Gasteiger partial charge in [-0.25, -0.2) is 5.01 Å². The number of hydrogen-bond donors (Lipinski definition) is 1. The molecular weight excluding hydrogens is 492 g/mol. The lowest BCUT2D eigenvalue weighted by molar-refractivity contribution is -0.143. The Bertz CT molecular complexity index is 1190. The Morgan fingerprint density at radius 2 is 1.67 bits per heavy atom. The Kier molecular flexibility index (Phi) is 8.50. The first-order chi connectivity index (χ1) is 19.0. The molecule has 3 aliphatic rings. The number of hydrogen-bond acceptors (Lipinski definition) is 6. The molecule has 2 amide bonds. The number of piperidine rings is 1. The SMILES string of the molecule is COc1ccc(C2=NN(C3CCN(C(=O)[C@H](N)CCc4ccccc4)CC3)C(=O)[C@@H]3CCCC[C@H]23)cc1OC. The lowest BCUT2D eigenvalue weighted by Gasteiger charge is -2.43. The third-order valence-electron chi connectivity index (χ3n) is 8.58. The van der Waals surface area contributed by atoms with Gasteiger partial charge < -0.3 is 20.1 Å². The number of nitrogens with zero attached hydrogens (tertiary/aromatic N) is 3. The van der Waals surface area contributed by atoms with Crippen molar-refractivity contribution in [3.05, 3.63) is 59.7 Å². The van der Waals surface area contributed by atoms with E-state index in [1.54, 1.807) is 19.2 Å². The zero-order chi connectivity index (χ0) is 27.4. The normalized spacial score (nSPS) is 22.6. The van der Waals surface area contributed by atoms with E-state index in [2.05, 4.69) is 12.1 Å². The largest absolute Gasteiger partial charge is 0.493 e. The Labute approximate surface area is 231 Å². The fourth-order valence-electron chi connectivity index (χ4n) is 6.35. The van der Waals surface area contributed by atoms with Crippen LogP contribution >= 0.6 is 0 Å². The first kappa shape index (κ1) is 27.2. The molecule has 1 saturated heterocycles. The van der Waals surface area contributed by atoms with Gasteiger partial charge in [0, 0.05) is 30.5 Å². The van der Waals surface area contributed by atoms with Gasteiger partial charge in [0.05, 0.1) is 32.0 Å². The molecular formula is C31H40N4O4. The summed E-state index contributed by atoms with van der Waals surface area (Å²) >= 11 is 0. The highest BCUT2D eigenvalue weighted by Crippen LogP contribution is 2.40. The summed E-state index contributed by atoms with van der Waals surface area (Å²) in [5, 5.41) is 6.76. The summed E-state index contributed by atoms with van der Waals surface area (Å²) in [4.78, 5) is 28.6. The van der Waals surface area contributed by atoms with Gasteiger partial charge in [-0.3, -0.25) is 9.59 Å². The van der Waals surface area contributed by atoms with Gasteiger partial charge in [-0.15, -0.1) is 0 Å². The van der Waals surface area contributed by atoms with Crippen LogP contribution in [0.4, 0.5) is 0 Å². The maximum Gasteiger partial charge on any atom is 0.246 e. The van der Waals surface area contributed by atoms with Crippen molar-refractivity contribution in [2.75, 3.05) is 27.3 Å². The summed E-state index contributed by atoms with van der Waals surface area (Å²) < 4.78 is 11.0. The summed E-state index contributed by atoms with van der Waals surface area (Å²) in [6.45, 7) is 1.17. The van der Waals surface area contributed by atoms with Gasteiger partial charge in [0.15, 0.2) is 11.5 Å². The minimum Gasteiger partial charge on any atom is -0.493 e. The van der Waals surface area contributed by atoms with E-state index < -0.39 is 6.04 Å². The molecule has 5 rings (SSSR count). The number of nitrogens with two attached hydrogens (primary N) is 1. The zero-order valence-corrected chi connectivity index (χ0v) is 23.1. The molecule has 2 fully saturated rings. The van der Waals surface area contributed by atoms with E-state index in [9.17, 15) is 9.59 Å². The highest BCUT2D eigenvalue weighted by atomic mass is 16.5. The van der Waals surface area contributed by atoms with Crippen LogP contribution < -0.4 is 15.2 Å². The van der Waals surface area contributed by atoms with Crippen LogP contribution in [-0.4, -0.2) is 66.8 Å². The van der Waals surface area contributed by atoms with E-state index >= 15 is 0 Å². The van der Waals surface area contributed by atoms with E-state index in [0.29, 0.717) is 43.9 Å². The molecule has 3 atom stereocenters. The molecule has 0 spiro atoms. The summed E-state index contributed by atoms with van der Waals surface area (Å²) in [6.07, 6.45) is 6.81. The lowest BCUT2D eigenvalue weighted by Crippen LogP contribution is -2.54. The Hall–Kier alpha value is -3.39. The average Bonchev–Trinajstić information content (AvgIpc) is 3.00. The summed E-state index contributed by atoms with van der Waals surface area (Å²) in [5.74, 6) is 1.52. The molecule has 2 aliphatic heterocycles. The first-order valence-corrected chi connectivity index (χ1v) is 14.2. The van der Waals surface area contributed by atoms with Gasteiger partial charge in [-0.1, -0.05) is 43.2 Å². The van der Waals surface area contributed by atoms with Crippen molar-refractivity contribution < 1.29 is 19.1 Å². The quantitative estimate of drug-likeness (QED) is 0.554. The molecule has 2 aromatic carbocycles. The number of amides is 2. The summed E-state index contributed by atoms with van der Waals surface area (Å²) in [6, 6.07) is 15.5. The topological polar surface area (TPSA) is 97.5 Å². The van der Waals surface area contributed by atoms with Crippen molar-refractivity contribution in [1.29, 1.82) is 0 Å². The zero-order valence-electron chi connectivity index (χ0n) is 23.1. The van der Waals surface area contributed by atoms with Crippen molar-refractivity contribution >= 4 is 17.5 Å². The maximum atomic E-state index is 13.7. The smallest absolute Gasteiger partial charge is 0.246 e. The van der Waals surface area contributed by atoms with Crippen LogP contribution in [0.25, 0.3) is 0 Å². The third kappa shape index (κ3) is 5.81. The predicted molar refractivity (Wildman–Crippen MR) is 151 cm³/mol. The average molecular weight is 533 g/mol. The van der Waals surface area contributed by atoms with Crippen LogP contribution in [0, 0.1) is 11.8 Å². The van der Waals surface area contributed by atoms with Crippen LogP contribution in [0.2, 0.25) is 0 Å². The van der Waals surface area contributed by atoms with Gasteiger partial charge in [-0.2, -0.15) is 5.10 Å². The fourth-order valence-corrected chi connectivity index (χ4v) is 6.35. The number of benzene rings is 2. The molecule has 0 radical (unpaired) electrons. The number of aryl methyl sites for hydroxylation is 1. The minimum absolute atomic E-state index is 0.00351. The van der Waals surface area contributed by atoms with Crippen molar-refractivity contribution in [3.63, 3.8) is 0 Å². The number of hydrazone groups is 1. The van der Waals surface area contributed by atoms with Gasteiger partial charge in [0.2, 0.25) is 11.8 Å². The molecule has 39 heavy (non-hydrogen) atoms. The molecule has 8 nitrogen and oxygen atoms in total. The standard InChI is InChI=1S/C31H40N4O4/c1-38-27-15-13-22(20-28(27)39-2)29-24-10-6-7-11-25(24)30(36)35(33-29)23-16-18-34(19-17-23)31(37)26(32)14-12-21-8-4-3-5-9-21/h3-5,8-9,13,15,20,23-26H,6-7,10-12,14,16-19,32H2,1-2H3/t24-,25+,26+/m0/s1. The van der Waals surface area contributed by atoms with E-state index in [4.69, 9.17) is 20.3 Å². The number of methoxy groups -OCH3 is 2. The van der Waals surface area contributed by atoms with Crippen molar-refractivity contribution in [3.8, 4) is 11.5 Å². The molecule has 1 saturated carbocycles. The molecule has 0 bridgehead atoms. The monoisotopic (exact) mass is 532 g/mol. The Morgan fingerprint density at radius 1 is 0.974 bits per heavy atom. The van der Waals surface area contributed by atoms with Gasteiger partial charge in [-0.05, 0) is 62.3 Å². The molecule has 0 unspecified atom stereocenters. The highest BCUT2D eigenvalue weighted by molar-refractivity contribution is 6.07. The van der Waals surface area contributed by atoms with E-state index in [-0.39, 0.29) is 29.7 Å². The van der Waals surface area contributed by atoms with E-state index in [1.807, 2.05) is 41.3 Å². The third-order valence-corrected chi connectivity index (χ3v) is 8.58. The van der Waals surface area contributed by atoms with Crippen LogP contribution in [0.5, 0.6) is 11.5 Å². The van der Waals surface area contributed by atoms with Crippen LogP contribution in [-0.2, 0) is 16.0 Å². The van der Waals surface area contributed by atoms with Crippen LogP contribution in [0.1, 0.15) is 56.1 Å². The van der Waals surface area contributed by atoms with Crippen molar-refractivity contribution in [2.24, 2.45) is 22.7 Å². The van der Waals surface area contributed by atoms with Gasteiger partial charge >= 0.3 is 0 Å². The second kappa shape index (κ2) is 12.2. The number of carbonyl (C=O) groups excluding carboxylic acids is 2. The maximum absolute atomic E-state index is 13.7. The molecule has 2 aromatic rings. The molecule has 8 heteroatoms. The second-order valence-electron chi connectivity index (χ2n) is 10.9. The number of likely N-dealkylation sites (tertiary alicyclic amines) is 1. The number of carbonyl (C=O) groups is 2. The summed E-state index contributed by atoms with van der Waals surface area (Å²) in [7, 11) is 3.26. The Morgan fingerprint density at radius 3 is 2.36 bits per heavy atom. The molecule has 0 aromatic heterocycles. The number of ether oxygens (including phenoxy) is 2. The Balaban J connectivity index is 1.28. The van der Waals surface area contributed by atoms with E-state index in [0.717, 1.165) is 43.4 Å². The van der Waals surface area contributed by atoms with Gasteiger partial charge in [0.25, 0.3) is 0 Å². The van der Waals surface area contributed by atoms with E-state index in [1.165, 1.54) is 5.56 Å². The molecule has 208 valence electrons. The van der Waals surface area contributed by atoms with Crippen LogP contribution in [0.3, 0.4) is 0 Å². The fraction of sp³-hybridized carbons (Fsp3) is 0.516. The minimum atomic E-state index is -0.518. The highest BCUT2D eigenvalue weighted by Gasteiger charge is 2.44. The van der Waals surface area contributed by atoms with Crippen LogP contribution in [0.15, 0.2) is 53.6 Å². The summed E-state index contributed by atoms with van der Waals surface area (Å²) in [5.41, 5.74) is 9.42. The number of rotatable bonds is 8. The van der Waals surface area contributed by atoms with Crippen molar-refractivity contribution in [2.45, 2.75) is 63.5 Å². The molecule has 1 aliphatic carbocycles. The van der Waals surface area contributed by atoms with Crippen molar-refractivity contribution in [1.82, 2.24) is 9.91 Å². The molecule has 2 heterocycles.